The fourth-order valence-electron chi connectivity index (χ4n) is 3.89. The maximum absolute atomic E-state index is 12.7. The standard InChI is InChI=1S/C26H33N3O2/c1-28(2)24(19-22-11-7-4-8-12-22)20-27-26(31)23-15-17-29(18-16-23)25(30)14-13-21-9-5-3-6-10-21/h3-14,23-24H,15-20H2,1-2H3,(H,27,31)/b14-13+. The summed E-state index contributed by atoms with van der Waals surface area (Å²) in [7, 11) is 4.10. The molecule has 2 aromatic rings. The molecule has 1 saturated heterocycles. The average Bonchev–Trinajstić information content (AvgIpc) is 2.81. The first-order valence-electron chi connectivity index (χ1n) is 11.0. The molecule has 31 heavy (non-hydrogen) atoms. The van der Waals surface area contributed by atoms with Crippen molar-refractivity contribution < 1.29 is 9.59 Å². The van der Waals surface area contributed by atoms with Gasteiger partial charge in [-0.2, -0.15) is 0 Å². The summed E-state index contributed by atoms with van der Waals surface area (Å²) in [6, 6.07) is 20.4. The van der Waals surface area contributed by atoms with Gasteiger partial charge in [0.05, 0.1) is 0 Å². The summed E-state index contributed by atoms with van der Waals surface area (Å²) in [5.41, 5.74) is 2.28. The largest absolute Gasteiger partial charge is 0.354 e. The van der Waals surface area contributed by atoms with Crippen LogP contribution in [0.1, 0.15) is 24.0 Å². The molecule has 5 heteroatoms. The van der Waals surface area contributed by atoms with Crippen LogP contribution in [-0.4, -0.2) is 61.4 Å². The number of carbonyl (C=O) groups is 2. The van der Waals surface area contributed by atoms with Gasteiger partial charge in [0.15, 0.2) is 0 Å². The molecule has 5 nitrogen and oxygen atoms in total. The molecule has 3 rings (SSSR count). The quantitative estimate of drug-likeness (QED) is 0.669. The number of amides is 2. The fourth-order valence-corrected chi connectivity index (χ4v) is 3.89. The number of likely N-dealkylation sites (N-methyl/N-ethyl adjacent to an activating group) is 1. The van der Waals surface area contributed by atoms with Gasteiger partial charge in [-0.05, 0) is 50.6 Å². The van der Waals surface area contributed by atoms with Crippen LogP contribution in [0.5, 0.6) is 0 Å². The fraction of sp³-hybridized carbons (Fsp3) is 0.385. The summed E-state index contributed by atoms with van der Waals surface area (Å²) >= 11 is 0. The van der Waals surface area contributed by atoms with E-state index in [1.54, 1.807) is 6.08 Å². The van der Waals surface area contributed by atoms with Gasteiger partial charge in [0.25, 0.3) is 0 Å². The number of nitrogens with one attached hydrogen (secondary N) is 1. The van der Waals surface area contributed by atoms with Crippen molar-refractivity contribution in [3.05, 3.63) is 77.9 Å². The van der Waals surface area contributed by atoms with Crippen molar-refractivity contribution in [2.45, 2.75) is 25.3 Å². The van der Waals surface area contributed by atoms with E-state index in [4.69, 9.17) is 0 Å². The highest BCUT2D eigenvalue weighted by atomic mass is 16.2. The number of hydrogen-bond donors (Lipinski definition) is 1. The zero-order valence-electron chi connectivity index (χ0n) is 18.5. The summed E-state index contributed by atoms with van der Waals surface area (Å²) in [4.78, 5) is 29.2. The van der Waals surface area contributed by atoms with Crippen molar-refractivity contribution in [2.24, 2.45) is 5.92 Å². The van der Waals surface area contributed by atoms with E-state index in [-0.39, 0.29) is 23.8 Å². The Hall–Kier alpha value is -2.92. The highest BCUT2D eigenvalue weighted by molar-refractivity contribution is 5.92. The van der Waals surface area contributed by atoms with Gasteiger partial charge in [0, 0.05) is 37.7 Å². The number of likely N-dealkylation sites (tertiary alicyclic amines) is 1. The second kappa shape index (κ2) is 11.5. The lowest BCUT2D eigenvalue weighted by Gasteiger charge is -2.31. The molecule has 1 aliphatic rings. The van der Waals surface area contributed by atoms with Crippen LogP contribution in [0.3, 0.4) is 0 Å². The molecule has 0 radical (unpaired) electrons. The minimum Gasteiger partial charge on any atom is -0.354 e. The van der Waals surface area contributed by atoms with Crippen molar-refractivity contribution >= 4 is 17.9 Å². The highest BCUT2D eigenvalue weighted by Gasteiger charge is 2.27. The molecular weight excluding hydrogens is 386 g/mol. The SMILES string of the molecule is CN(C)C(CNC(=O)C1CCN(C(=O)/C=C/c2ccccc2)CC1)Cc1ccccc1. The van der Waals surface area contributed by atoms with E-state index in [1.807, 2.05) is 73.6 Å². The first-order chi connectivity index (χ1) is 15.0. The maximum atomic E-state index is 12.7. The normalized spacial score (nSPS) is 15.9. The summed E-state index contributed by atoms with van der Waals surface area (Å²) < 4.78 is 0. The summed E-state index contributed by atoms with van der Waals surface area (Å²) in [5, 5.41) is 3.15. The van der Waals surface area contributed by atoms with E-state index in [0.717, 1.165) is 12.0 Å². The molecule has 1 atom stereocenters. The van der Waals surface area contributed by atoms with E-state index in [2.05, 4.69) is 22.3 Å². The van der Waals surface area contributed by atoms with E-state index >= 15 is 0 Å². The molecule has 1 unspecified atom stereocenters. The Kier molecular flexibility index (Phi) is 8.42. The van der Waals surface area contributed by atoms with Crippen molar-refractivity contribution in [3.63, 3.8) is 0 Å². The molecule has 1 heterocycles. The van der Waals surface area contributed by atoms with E-state index < -0.39 is 0 Å². The van der Waals surface area contributed by atoms with Crippen LogP contribution >= 0.6 is 0 Å². The van der Waals surface area contributed by atoms with Gasteiger partial charge < -0.3 is 15.1 Å². The minimum atomic E-state index is -0.0262. The molecule has 1 N–H and O–H groups in total. The van der Waals surface area contributed by atoms with Gasteiger partial charge in [0.1, 0.15) is 0 Å². The van der Waals surface area contributed by atoms with Crippen LogP contribution < -0.4 is 5.32 Å². The summed E-state index contributed by atoms with van der Waals surface area (Å²) in [5.74, 6) is 0.0896. The number of carbonyl (C=O) groups excluding carboxylic acids is 2. The van der Waals surface area contributed by atoms with E-state index in [9.17, 15) is 9.59 Å². The molecular formula is C26H33N3O2. The summed E-state index contributed by atoms with van der Waals surface area (Å²) in [6.07, 6.45) is 5.79. The van der Waals surface area contributed by atoms with Crippen LogP contribution in [0.25, 0.3) is 6.08 Å². The van der Waals surface area contributed by atoms with Crippen LogP contribution in [0.4, 0.5) is 0 Å². The lowest BCUT2D eigenvalue weighted by molar-refractivity contribution is -0.132. The van der Waals surface area contributed by atoms with Gasteiger partial charge in [0.2, 0.25) is 11.8 Å². The average molecular weight is 420 g/mol. The molecule has 0 bridgehead atoms. The van der Waals surface area contributed by atoms with Crippen molar-refractivity contribution in [2.75, 3.05) is 33.7 Å². The predicted octanol–water partition coefficient (Wildman–Crippen LogP) is 3.23. The predicted molar refractivity (Wildman–Crippen MR) is 125 cm³/mol. The number of rotatable bonds is 8. The lowest BCUT2D eigenvalue weighted by Crippen LogP contribution is -2.46. The zero-order valence-corrected chi connectivity index (χ0v) is 18.5. The Balaban J connectivity index is 1.44. The molecule has 0 spiro atoms. The van der Waals surface area contributed by atoms with Crippen molar-refractivity contribution in [1.82, 2.24) is 15.1 Å². The lowest BCUT2D eigenvalue weighted by atomic mass is 9.95. The minimum absolute atomic E-state index is 0.0123. The Morgan fingerprint density at radius 3 is 2.26 bits per heavy atom. The molecule has 0 aromatic heterocycles. The van der Waals surface area contributed by atoms with Gasteiger partial charge in [-0.1, -0.05) is 60.7 Å². The molecule has 1 fully saturated rings. The topological polar surface area (TPSA) is 52.7 Å². The third-order valence-electron chi connectivity index (χ3n) is 5.95. The highest BCUT2D eigenvalue weighted by Crippen LogP contribution is 2.18. The van der Waals surface area contributed by atoms with E-state index in [1.165, 1.54) is 5.56 Å². The first-order valence-corrected chi connectivity index (χ1v) is 11.0. The summed E-state index contributed by atoms with van der Waals surface area (Å²) in [6.45, 7) is 1.87. The van der Waals surface area contributed by atoms with Gasteiger partial charge in [-0.3, -0.25) is 9.59 Å². The van der Waals surface area contributed by atoms with Gasteiger partial charge in [-0.15, -0.1) is 0 Å². The third kappa shape index (κ3) is 7.07. The van der Waals surface area contributed by atoms with Crippen LogP contribution in [0.2, 0.25) is 0 Å². The first kappa shape index (κ1) is 22.8. The molecule has 2 amide bonds. The molecule has 0 saturated carbocycles. The Labute approximate surface area is 185 Å². The van der Waals surface area contributed by atoms with E-state index in [0.29, 0.717) is 32.5 Å². The number of benzene rings is 2. The Morgan fingerprint density at radius 2 is 1.65 bits per heavy atom. The van der Waals surface area contributed by atoms with Crippen LogP contribution in [-0.2, 0) is 16.0 Å². The van der Waals surface area contributed by atoms with Crippen LogP contribution in [0, 0.1) is 5.92 Å². The number of hydrogen-bond acceptors (Lipinski definition) is 3. The number of piperidine rings is 1. The Morgan fingerprint density at radius 1 is 1.03 bits per heavy atom. The van der Waals surface area contributed by atoms with Gasteiger partial charge in [-0.25, -0.2) is 0 Å². The van der Waals surface area contributed by atoms with Gasteiger partial charge >= 0.3 is 0 Å². The molecule has 0 aliphatic carbocycles. The monoisotopic (exact) mass is 419 g/mol. The van der Waals surface area contributed by atoms with Crippen LogP contribution in [0.15, 0.2) is 66.7 Å². The number of nitrogens with zero attached hydrogens (tertiary/aromatic N) is 2. The zero-order chi connectivity index (χ0) is 22.1. The second-order valence-corrected chi connectivity index (χ2v) is 8.40. The molecule has 2 aromatic carbocycles. The molecule has 164 valence electrons. The maximum Gasteiger partial charge on any atom is 0.246 e. The molecule has 1 aliphatic heterocycles. The third-order valence-corrected chi connectivity index (χ3v) is 5.95. The second-order valence-electron chi connectivity index (χ2n) is 8.40. The smallest absolute Gasteiger partial charge is 0.246 e. The Bertz CT molecular complexity index is 857. The van der Waals surface area contributed by atoms with Crippen molar-refractivity contribution in [1.29, 1.82) is 0 Å². The van der Waals surface area contributed by atoms with Crippen molar-refractivity contribution in [3.8, 4) is 0 Å².